The predicted octanol–water partition coefficient (Wildman–Crippen LogP) is 3.44. The van der Waals surface area contributed by atoms with Gasteiger partial charge in [0.25, 0.3) is 0 Å². The van der Waals surface area contributed by atoms with Crippen molar-refractivity contribution in [3.05, 3.63) is 64.2 Å². The van der Waals surface area contributed by atoms with Gasteiger partial charge in [0.1, 0.15) is 0 Å². The van der Waals surface area contributed by atoms with Gasteiger partial charge in [-0.3, -0.25) is 4.90 Å². The normalized spacial score (nSPS) is 15.1. The average molecular weight is 266 g/mol. The average Bonchev–Trinajstić information content (AvgIpc) is 2.43. The highest BCUT2D eigenvalue weighted by atomic mass is 15.1. The van der Waals surface area contributed by atoms with Gasteiger partial charge in [0.05, 0.1) is 0 Å². The Kier molecular flexibility index (Phi) is 3.49. The van der Waals surface area contributed by atoms with E-state index in [4.69, 9.17) is 5.73 Å². The van der Waals surface area contributed by atoms with Crippen LogP contribution in [0.25, 0.3) is 0 Å². The van der Waals surface area contributed by atoms with Crippen LogP contribution in [0, 0.1) is 13.8 Å². The van der Waals surface area contributed by atoms with Crippen LogP contribution < -0.4 is 5.73 Å². The molecule has 2 N–H and O–H groups in total. The smallest absolute Gasteiger partial charge is 0.0350 e. The van der Waals surface area contributed by atoms with Crippen LogP contribution in [-0.2, 0) is 19.5 Å². The van der Waals surface area contributed by atoms with Crippen molar-refractivity contribution >= 4 is 5.69 Å². The molecule has 20 heavy (non-hydrogen) atoms. The van der Waals surface area contributed by atoms with E-state index in [0.717, 1.165) is 31.7 Å². The van der Waals surface area contributed by atoms with Gasteiger partial charge >= 0.3 is 0 Å². The van der Waals surface area contributed by atoms with Crippen molar-refractivity contribution in [2.45, 2.75) is 33.4 Å². The second-order valence-electron chi connectivity index (χ2n) is 5.88. The van der Waals surface area contributed by atoms with Crippen LogP contribution in [0.15, 0.2) is 36.4 Å². The van der Waals surface area contributed by atoms with Crippen molar-refractivity contribution in [2.24, 2.45) is 0 Å². The standard InChI is InChI=1S/C18H22N2/c1-13-6-7-14(2)16(10-13)12-20-9-8-17-15(11-20)4-3-5-18(17)19/h3-7,10H,8-9,11-12,19H2,1-2H3. The zero-order chi connectivity index (χ0) is 14.1. The molecule has 2 nitrogen and oxygen atoms in total. The van der Waals surface area contributed by atoms with Crippen LogP contribution in [0.4, 0.5) is 5.69 Å². The summed E-state index contributed by atoms with van der Waals surface area (Å²) in [6, 6.07) is 13.0. The number of rotatable bonds is 2. The largest absolute Gasteiger partial charge is 0.398 e. The highest BCUT2D eigenvalue weighted by Crippen LogP contribution is 2.25. The van der Waals surface area contributed by atoms with E-state index >= 15 is 0 Å². The molecular formula is C18H22N2. The molecule has 1 heterocycles. The summed E-state index contributed by atoms with van der Waals surface area (Å²) in [5, 5.41) is 0. The number of benzene rings is 2. The molecule has 0 bridgehead atoms. The molecule has 0 aromatic heterocycles. The molecule has 0 saturated carbocycles. The van der Waals surface area contributed by atoms with Crippen LogP contribution in [0.5, 0.6) is 0 Å². The zero-order valence-corrected chi connectivity index (χ0v) is 12.3. The molecule has 0 atom stereocenters. The van der Waals surface area contributed by atoms with E-state index in [1.807, 2.05) is 6.07 Å². The van der Waals surface area contributed by atoms with Gasteiger partial charge in [-0.15, -0.1) is 0 Å². The molecule has 0 spiro atoms. The molecule has 2 aromatic rings. The summed E-state index contributed by atoms with van der Waals surface area (Å²) >= 11 is 0. The molecule has 0 aliphatic carbocycles. The summed E-state index contributed by atoms with van der Waals surface area (Å²) in [4.78, 5) is 2.52. The van der Waals surface area contributed by atoms with Crippen LogP contribution in [0.1, 0.15) is 27.8 Å². The number of nitrogens with zero attached hydrogens (tertiary/aromatic N) is 1. The fourth-order valence-electron chi connectivity index (χ4n) is 3.04. The third kappa shape index (κ3) is 2.56. The molecule has 2 aromatic carbocycles. The van der Waals surface area contributed by atoms with E-state index in [1.165, 1.54) is 27.8 Å². The van der Waals surface area contributed by atoms with E-state index in [9.17, 15) is 0 Å². The molecule has 104 valence electrons. The Balaban J connectivity index is 1.79. The Bertz CT molecular complexity index is 631. The topological polar surface area (TPSA) is 29.3 Å². The molecule has 2 heteroatoms. The van der Waals surface area contributed by atoms with Gasteiger partial charge in [0, 0.05) is 25.3 Å². The zero-order valence-electron chi connectivity index (χ0n) is 12.3. The van der Waals surface area contributed by atoms with Gasteiger partial charge in [0.2, 0.25) is 0 Å². The fraction of sp³-hybridized carbons (Fsp3) is 0.333. The first-order chi connectivity index (χ1) is 9.63. The molecule has 1 aliphatic rings. The molecule has 0 fully saturated rings. The Hall–Kier alpha value is -1.80. The molecule has 0 amide bonds. The highest BCUT2D eigenvalue weighted by molar-refractivity contribution is 5.51. The number of hydrogen-bond donors (Lipinski definition) is 1. The first-order valence-corrected chi connectivity index (χ1v) is 7.28. The molecule has 0 unspecified atom stereocenters. The maximum Gasteiger partial charge on any atom is 0.0350 e. The quantitative estimate of drug-likeness (QED) is 0.844. The summed E-state index contributed by atoms with van der Waals surface area (Å²) in [5.74, 6) is 0. The lowest BCUT2D eigenvalue weighted by Gasteiger charge is -2.30. The van der Waals surface area contributed by atoms with Gasteiger partial charge < -0.3 is 5.73 Å². The predicted molar refractivity (Wildman–Crippen MR) is 84.6 cm³/mol. The number of aryl methyl sites for hydroxylation is 2. The molecule has 3 rings (SSSR count). The van der Waals surface area contributed by atoms with Crippen LogP contribution in [0.3, 0.4) is 0 Å². The molecule has 0 saturated heterocycles. The van der Waals surface area contributed by atoms with E-state index in [0.29, 0.717) is 0 Å². The minimum atomic E-state index is 0.953. The summed E-state index contributed by atoms with van der Waals surface area (Å²) < 4.78 is 0. The Morgan fingerprint density at radius 2 is 2.00 bits per heavy atom. The van der Waals surface area contributed by atoms with Gasteiger partial charge in [-0.05, 0) is 48.6 Å². The van der Waals surface area contributed by atoms with Gasteiger partial charge in [-0.1, -0.05) is 35.9 Å². The van der Waals surface area contributed by atoms with Crippen molar-refractivity contribution in [3.8, 4) is 0 Å². The first-order valence-electron chi connectivity index (χ1n) is 7.28. The second kappa shape index (κ2) is 5.29. The van der Waals surface area contributed by atoms with Crippen molar-refractivity contribution in [1.29, 1.82) is 0 Å². The highest BCUT2D eigenvalue weighted by Gasteiger charge is 2.18. The summed E-state index contributed by atoms with van der Waals surface area (Å²) in [7, 11) is 0. The van der Waals surface area contributed by atoms with E-state index in [-0.39, 0.29) is 0 Å². The van der Waals surface area contributed by atoms with Gasteiger partial charge in [0.15, 0.2) is 0 Å². The Labute approximate surface area is 121 Å². The van der Waals surface area contributed by atoms with Gasteiger partial charge in [-0.2, -0.15) is 0 Å². The number of fused-ring (bicyclic) bond motifs is 1. The lowest BCUT2D eigenvalue weighted by molar-refractivity contribution is 0.245. The number of nitrogen functional groups attached to an aromatic ring is 1. The summed E-state index contributed by atoms with van der Waals surface area (Å²) in [6.45, 7) is 7.49. The molecule has 1 aliphatic heterocycles. The fourth-order valence-corrected chi connectivity index (χ4v) is 3.04. The maximum absolute atomic E-state index is 6.06. The first kappa shape index (κ1) is 13.2. The third-order valence-corrected chi connectivity index (χ3v) is 4.28. The number of anilines is 1. The van der Waals surface area contributed by atoms with Crippen molar-refractivity contribution < 1.29 is 0 Å². The number of nitrogens with two attached hydrogens (primary N) is 1. The van der Waals surface area contributed by atoms with Crippen molar-refractivity contribution in [2.75, 3.05) is 12.3 Å². The summed E-state index contributed by atoms with van der Waals surface area (Å²) in [6.07, 6.45) is 1.06. The van der Waals surface area contributed by atoms with E-state index in [2.05, 4.69) is 49.1 Å². The monoisotopic (exact) mass is 266 g/mol. The maximum atomic E-state index is 6.06. The van der Waals surface area contributed by atoms with Crippen LogP contribution >= 0.6 is 0 Å². The molecular weight excluding hydrogens is 244 g/mol. The Morgan fingerprint density at radius 3 is 2.85 bits per heavy atom. The number of hydrogen-bond acceptors (Lipinski definition) is 2. The third-order valence-electron chi connectivity index (χ3n) is 4.28. The SMILES string of the molecule is Cc1ccc(C)c(CN2CCc3c(N)cccc3C2)c1. The molecule has 0 radical (unpaired) electrons. The Morgan fingerprint density at radius 1 is 1.15 bits per heavy atom. The van der Waals surface area contributed by atoms with E-state index < -0.39 is 0 Å². The van der Waals surface area contributed by atoms with Gasteiger partial charge in [-0.25, -0.2) is 0 Å². The summed E-state index contributed by atoms with van der Waals surface area (Å²) in [5.41, 5.74) is 13.9. The van der Waals surface area contributed by atoms with Crippen LogP contribution in [-0.4, -0.2) is 11.4 Å². The van der Waals surface area contributed by atoms with E-state index in [1.54, 1.807) is 0 Å². The van der Waals surface area contributed by atoms with Crippen molar-refractivity contribution in [3.63, 3.8) is 0 Å². The lowest BCUT2D eigenvalue weighted by atomic mass is 9.97. The second-order valence-corrected chi connectivity index (χ2v) is 5.88. The lowest BCUT2D eigenvalue weighted by Crippen LogP contribution is -2.30. The minimum absolute atomic E-state index is 0.953. The minimum Gasteiger partial charge on any atom is -0.398 e. The van der Waals surface area contributed by atoms with Crippen LogP contribution in [0.2, 0.25) is 0 Å². The van der Waals surface area contributed by atoms with Crippen molar-refractivity contribution in [1.82, 2.24) is 4.90 Å².